The number of para-hydroxylation sites is 2. The third-order valence-electron chi connectivity index (χ3n) is 3.82. The van der Waals surface area contributed by atoms with Crippen LogP contribution >= 0.6 is 0 Å². The lowest BCUT2D eigenvalue weighted by Gasteiger charge is -2.35. The fourth-order valence-electron chi connectivity index (χ4n) is 2.67. The average molecular weight is 353 g/mol. The largest absolute Gasteiger partial charge is 0.486 e. The number of fused-ring (bicyclic) bond motifs is 1. The molecule has 3 rings (SSSR count). The first-order valence-corrected chi connectivity index (χ1v) is 7.79. The highest BCUT2D eigenvalue weighted by Crippen LogP contribution is 2.36. The molecule has 0 radical (unpaired) electrons. The SMILES string of the molecule is CC(N)N(CC1COc2ccccc2O1)c1ncccc1C(F)(F)F. The molecule has 1 aliphatic heterocycles. The molecule has 1 aromatic carbocycles. The van der Waals surface area contributed by atoms with Gasteiger partial charge in [-0.1, -0.05) is 12.1 Å². The zero-order valence-corrected chi connectivity index (χ0v) is 13.5. The van der Waals surface area contributed by atoms with Crippen molar-refractivity contribution in [2.24, 2.45) is 5.73 Å². The van der Waals surface area contributed by atoms with Crippen LogP contribution in [0, 0.1) is 0 Å². The molecule has 2 heterocycles. The Hall–Kier alpha value is -2.48. The highest BCUT2D eigenvalue weighted by atomic mass is 19.4. The van der Waals surface area contributed by atoms with Crippen LogP contribution in [-0.4, -0.2) is 30.4 Å². The summed E-state index contributed by atoms with van der Waals surface area (Å²) in [4.78, 5) is 5.29. The first-order chi connectivity index (χ1) is 11.9. The van der Waals surface area contributed by atoms with Crippen molar-refractivity contribution in [1.29, 1.82) is 0 Å². The summed E-state index contributed by atoms with van der Waals surface area (Å²) < 4.78 is 51.3. The van der Waals surface area contributed by atoms with Crippen LogP contribution in [0.5, 0.6) is 11.5 Å². The molecule has 2 N–H and O–H groups in total. The van der Waals surface area contributed by atoms with Crippen molar-refractivity contribution in [2.45, 2.75) is 25.4 Å². The van der Waals surface area contributed by atoms with E-state index in [0.717, 1.165) is 6.07 Å². The van der Waals surface area contributed by atoms with Crippen LogP contribution in [0.3, 0.4) is 0 Å². The lowest BCUT2D eigenvalue weighted by molar-refractivity contribution is -0.137. The molecule has 2 atom stereocenters. The molecule has 0 saturated heterocycles. The highest BCUT2D eigenvalue weighted by molar-refractivity contribution is 5.49. The van der Waals surface area contributed by atoms with Crippen molar-refractivity contribution < 1.29 is 22.6 Å². The summed E-state index contributed by atoms with van der Waals surface area (Å²) in [6.45, 7) is 1.94. The van der Waals surface area contributed by atoms with Crippen LogP contribution in [0.25, 0.3) is 0 Å². The predicted molar refractivity (Wildman–Crippen MR) is 86.6 cm³/mol. The number of nitrogens with zero attached hydrogens (tertiary/aromatic N) is 2. The number of ether oxygens (including phenoxy) is 2. The maximum Gasteiger partial charge on any atom is 0.419 e. The Morgan fingerprint density at radius 1 is 1.24 bits per heavy atom. The summed E-state index contributed by atoms with van der Waals surface area (Å²) in [6.07, 6.45) is -4.36. The molecule has 1 aromatic heterocycles. The molecule has 0 saturated carbocycles. The number of hydrogen-bond donors (Lipinski definition) is 1. The van der Waals surface area contributed by atoms with E-state index < -0.39 is 24.0 Å². The van der Waals surface area contributed by atoms with E-state index in [1.165, 1.54) is 17.2 Å². The summed E-state index contributed by atoms with van der Waals surface area (Å²) in [7, 11) is 0. The first kappa shape index (κ1) is 17.3. The first-order valence-electron chi connectivity index (χ1n) is 7.79. The highest BCUT2D eigenvalue weighted by Gasteiger charge is 2.37. The van der Waals surface area contributed by atoms with Crippen molar-refractivity contribution >= 4 is 5.82 Å². The number of rotatable bonds is 4. The molecule has 0 bridgehead atoms. The zero-order chi connectivity index (χ0) is 18.0. The average Bonchev–Trinajstić information content (AvgIpc) is 2.58. The molecule has 2 aromatic rings. The molecule has 0 spiro atoms. The Labute approximate surface area is 143 Å². The molecular formula is C17H18F3N3O2. The van der Waals surface area contributed by atoms with E-state index in [9.17, 15) is 13.2 Å². The van der Waals surface area contributed by atoms with E-state index in [4.69, 9.17) is 15.2 Å². The van der Waals surface area contributed by atoms with E-state index in [0.29, 0.717) is 11.5 Å². The lowest BCUT2D eigenvalue weighted by Crippen LogP contribution is -2.49. The maximum atomic E-state index is 13.3. The number of alkyl halides is 3. The summed E-state index contributed by atoms with van der Waals surface area (Å²) in [6, 6.07) is 9.39. The molecule has 0 amide bonds. The minimum atomic E-state index is -4.52. The Kier molecular flexibility index (Phi) is 4.71. The van der Waals surface area contributed by atoms with E-state index in [2.05, 4.69) is 4.98 Å². The number of hydrogen-bond acceptors (Lipinski definition) is 5. The zero-order valence-electron chi connectivity index (χ0n) is 13.5. The smallest absolute Gasteiger partial charge is 0.419 e. The van der Waals surface area contributed by atoms with Gasteiger partial charge in [0.2, 0.25) is 0 Å². The number of anilines is 1. The number of aromatic nitrogens is 1. The molecule has 134 valence electrons. The molecule has 5 nitrogen and oxygen atoms in total. The topological polar surface area (TPSA) is 60.6 Å². The van der Waals surface area contributed by atoms with Gasteiger partial charge in [-0.3, -0.25) is 0 Å². The molecule has 1 aliphatic rings. The Balaban J connectivity index is 1.85. The van der Waals surface area contributed by atoms with Gasteiger partial charge in [-0.05, 0) is 31.2 Å². The van der Waals surface area contributed by atoms with Gasteiger partial charge in [-0.15, -0.1) is 0 Å². The van der Waals surface area contributed by atoms with E-state index in [1.807, 2.05) is 6.07 Å². The third kappa shape index (κ3) is 3.79. The van der Waals surface area contributed by atoms with E-state index in [-0.39, 0.29) is 19.0 Å². The van der Waals surface area contributed by atoms with Crippen molar-refractivity contribution in [1.82, 2.24) is 4.98 Å². The molecule has 0 aliphatic carbocycles. The monoisotopic (exact) mass is 353 g/mol. The lowest BCUT2D eigenvalue weighted by atomic mass is 10.2. The van der Waals surface area contributed by atoms with Crippen LogP contribution in [-0.2, 0) is 6.18 Å². The van der Waals surface area contributed by atoms with Crippen molar-refractivity contribution in [2.75, 3.05) is 18.1 Å². The van der Waals surface area contributed by atoms with Gasteiger partial charge in [0.1, 0.15) is 12.4 Å². The van der Waals surface area contributed by atoms with Crippen molar-refractivity contribution in [3.8, 4) is 11.5 Å². The number of pyridine rings is 1. The molecule has 25 heavy (non-hydrogen) atoms. The van der Waals surface area contributed by atoms with Gasteiger partial charge in [0.05, 0.1) is 18.3 Å². The second-order valence-corrected chi connectivity index (χ2v) is 5.76. The van der Waals surface area contributed by atoms with Crippen LogP contribution in [0.15, 0.2) is 42.6 Å². The third-order valence-corrected chi connectivity index (χ3v) is 3.82. The minimum absolute atomic E-state index is 0.117. The van der Waals surface area contributed by atoms with Crippen LogP contribution in [0.2, 0.25) is 0 Å². The Morgan fingerprint density at radius 2 is 1.96 bits per heavy atom. The summed E-state index contributed by atoms with van der Waals surface area (Å²) in [5.74, 6) is 0.952. The molecule has 0 fully saturated rings. The fraction of sp³-hybridized carbons (Fsp3) is 0.353. The van der Waals surface area contributed by atoms with E-state index >= 15 is 0 Å². The van der Waals surface area contributed by atoms with Crippen LogP contribution in [0.4, 0.5) is 19.0 Å². The number of benzene rings is 1. The molecule has 2 unspecified atom stereocenters. The van der Waals surface area contributed by atoms with Gasteiger partial charge < -0.3 is 20.1 Å². The van der Waals surface area contributed by atoms with Gasteiger partial charge in [0.25, 0.3) is 0 Å². The second kappa shape index (κ2) is 6.79. The van der Waals surface area contributed by atoms with Crippen LogP contribution in [0.1, 0.15) is 12.5 Å². The van der Waals surface area contributed by atoms with Crippen molar-refractivity contribution in [3.05, 3.63) is 48.2 Å². The predicted octanol–water partition coefficient (Wildman–Crippen LogP) is 3.05. The summed E-state index contributed by atoms with van der Waals surface area (Å²) in [5, 5.41) is 0. The maximum absolute atomic E-state index is 13.3. The normalized spacial score (nSPS) is 17.9. The fourth-order valence-corrected chi connectivity index (χ4v) is 2.67. The second-order valence-electron chi connectivity index (χ2n) is 5.76. The molecule has 8 heteroatoms. The number of nitrogens with two attached hydrogens (primary N) is 1. The quantitative estimate of drug-likeness (QED) is 0.856. The van der Waals surface area contributed by atoms with Crippen LogP contribution < -0.4 is 20.1 Å². The summed E-state index contributed by atoms with van der Waals surface area (Å²) in [5.41, 5.74) is 5.09. The van der Waals surface area contributed by atoms with Gasteiger partial charge in [-0.2, -0.15) is 13.2 Å². The van der Waals surface area contributed by atoms with Gasteiger partial charge >= 0.3 is 6.18 Å². The van der Waals surface area contributed by atoms with Gasteiger partial charge in [-0.25, -0.2) is 4.98 Å². The standard InChI is InChI=1S/C17H18F3N3O2/c1-11(21)23(16-13(17(18,19)20)5-4-8-22-16)9-12-10-24-14-6-2-3-7-15(14)25-12/h2-8,11-12H,9-10,21H2,1H3. The van der Waals surface area contributed by atoms with E-state index in [1.54, 1.807) is 25.1 Å². The van der Waals surface area contributed by atoms with Gasteiger partial charge in [0, 0.05) is 6.20 Å². The van der Waals surface area contributed by atoms with Gasteiger partial charge in [0.15, 0.2) is 17.6 Å². The summed E-state index contributed by atoms with van der Waals surface area (Å²) >= 11 is 0. The Morgan fingerprint density at radius 3 is 2.64 bits per heavy atom. The Bertz CT molecular complexity index is 737. The minimum Gasteiger partial charge on any atom is -0.486 e. The molecular weight excluding hydrogens is 335 g/mol. The number of halogens is 3. The van der Waals surface area contributed by atoms with Crippen molar-refractivity contribution in [3.63, 3.8) is 0 Å².